The second-order valence-electron chi connectivity index (χ2n) is 7.38. The van der Waals surface area contributed by atoms with Gasteiger partial charge in [0.25, 0.3) is 0 Å². The molecule has 0 spiro atoms. The molecule has 0 bridgehead atoms. The minimum absolute atomic E-state index is 0.0480. The van der Waals surface area contributed by atoms with Gasteiger partial charge in [-0.15, -0.1) is 0 Å². The third kappa shape index (κ3) is 4.47. The normalized spacial score (nSPS) is 16.4. The van der Waals surface area contributed by atoms with Gasteiger partial charge in [0.15, 0.2) is 0 Å². The van der Waals surface area contributed by atoms with Gasteiger partial charge >= 0.3 is 5.97 Å². The van der Waals surface area contributed by atoms with Crippen LogP contribution in [0.15, 0.2) is 31.0 Å². The van der Waals surface area contributed by atoms with Gasteiger partial charge in [-0.05, 0) is 19.9 Å². The van der Waals surface area contributed by atoms with E-state index in [0.717, 1.165) is 22.3 Å². The summed E-state index contributed by atoms with van der Waals surface area (Å²) in [6, 6.07) is 4.06. The van der Waals surface area contributed by atoms with Crippen molar-refractivity contribution >= 4 is 27.0 Å². The second kappa shape index (κ2) is 9.03. The molecule has 0 unspecified atom stereocenters. The molecule has 12 nitrogen and oxygen atoms in total. The Labute approximate surface area is 184 Å². The average Bonchev–Trinajstić information content (AvgIpc) is 3.40. The number of carboxylic acid groups (broad SMARTS) is 1. The molecule has 1 aliphatic heterocycles. The lowest BCUT2D eigenvalue weighted by Gasteiger charge is -2.47. The Morgan fingerprint density at radius 2 is 2.09 bits per heavy atom. The van der Waals surface area contributed by atoms with Crippen molar-refractivity contribution in [1.29, 1.82) is 5.26 Å². The Balaban J connectivity index is 0.000000427. The van der Waals surface area contributed by atoms with Crippen molar-refractivity contribution in [1.82, 2.24) is 29.0 Å². The number of nitrogens with zero attached hydrogens (tertiary/aromatic N) is 6. The third-order valence-corrected chi connectivity index (χ3v) is 6.94. The Kier molecular flexibility index (Phi) is 6.58. The summed E-state index contributed by atoms with van der Waals surface area (Å²) in [6.07, 6.45) is 5.74. The van der Waals surface area contributed by atoms with Crippen molar-refractivity contribution in [3.8, 4) is 17.3 Å². The summed E-state index contributed by atoms with van der Waals surface area (Å²) < 4.78 is 27.2. The molecule has 3 aromatic rings. The summed E-state index contributed by atoms with van der Waals surface area (Å²) >= 11 is 0. The van der Waals surface area contributed by atoms with Crippen LogP contribution < -0.4 is 0 Å². The number of hydrogen-bond donors (Lipinski definition) is 3. The Morgan fingerprint density at radius 3 is 2.69 bits per heavy atom. The van der Waals surface area contributed by atoms with Crippen LogP contribution in [0.2, 0.25) is 0 Å². The van der Waals surface area contributed by atoms with E-state index >= 15 is 0 Å². The van der Waals surface area contributed by atoms with Gasteiger partial charge in [0.05, 0.1) is 30.1 Å². The summed E-state index contributed by atoms with van der Waals surface area (Å²) in [6.45, 7) is 3.31. The topological polar surface area (TPSA) is 178 Å². The van der Waals surface area contributed by atoms with E-state index in [1.165, 1.54) is 17.6 Å². The lowest BCUT2D eigenvalue weighted by atomic mass is 9.89. The monoisotopic (exact) mass is 461 g/mol. The number of nitrogens with one attached hydrogen (secondary N) is 1. The predicted octanol–water partition coefficient (Wildman–Crippen LogP) is 0.547. The third-order valence-electron chi connectivity index (χ3n) is 5.16. The molecule has 1 atom stereocenters. The molecule has 1 saturated heterocycles. The van der Waals surface area contributed by atoms with Crippen molar-refractivity contribution in [2.45, 2.75) is 31.9 Å². The van der Waals surface area contributed by atoms with E-state index in [4.69, 9.17) is 10.2 Å². The fourth-order valence-electron chi connectivity index (χ4n) is 3.28. The summed E-state index contributed by atoms with van der Waals surface area (Å²) in [4.78, 5) is 21.0. The zero-order valence-electron chi connectivity index (χ0n) is 17.5. The Hall–Kier alpha value is -3.34. The molecule has 13 heteroatoms. The highest BCUT2D eigenvalue weighted by molar-refractivity contribution is 7.89. The van der Waals surface area contributed by atoms with E-state index in [-0.39, 0.29) is 25.3 Å². The molecule has 170 valence electrons. The van der Waals surface area contributed by atoms with E-state index in [9.17, 15) is 18.5 Å². The van der Waals surface area contributed by atoms with Crippen molar-refractivity contribution in [3.63, 3.8) is 0 Å². The number of rotatable bonds is 6. The number of aliphatic hydroxyl groups excluding tert-OH is 1. The number of aliphatic hydroxyl groups is 1. The molecule has 3 aromatic heterocycles. The molecule has 4 heterocycles. The summed E-state index contributed by atoms with van der Waals surface area (Å²) in [5, 5.41) is 30.3. The molecule has 1 fully saturated rings. The molecule has 0 aliphatic carbocycles. The first-order valence-corrected chi connectivity index (χ1v) is 11.3. The van der Waals surface area contributed by atoms with Crippen molar-refractivity contribution < 1.29 is 23.4 Å². The van der Waals surface area contributed by atoms with Gasteiger partial charge in [-0.1, -0.05) is 0 Å². The number of hydrogen-bond acceptors (Lipinski definition) is 8. The molecule has 1 aliphatic rings. The van der Waals surface area contributed by atoms with Crippen LogP contribution in [-0.4, -0.2) is 78.6 Å². The van der Waals surface area contributed by atoms with Gasteiger partial charge in [0.2, 0.25) is 10.0 Å². The number of sulfonamides is 1. The number of aromatic amines is 1. The minimum Gasteiger partial charge on any atom is -0.479 e. The zero-order chi connectivity index (χ0) is 23.5. The number of H-pyrrole nitrogens is 1. The van der Waals surface area contributed by atoms with E-state index in [2.05, 4.69) is 26.1 Å². The molecular weight excluding hydrogens is 438 g/mol. The van der Waals surface area contributed by atoms with E-state index < -0.39 is 27.6 Å². The molecular formula is C19H23N7O5S. The van der Waals surface area contributed by atoms with Crippen LogP contribution in [0.3, 0.4) is 0 Å². The molecule has 0 aromatic carbocycles. The molecule has 4 rings (SSSR count). The van der Waals surface area contributed by atoms with Crippen molar-refractivity contribution in [2.24, 2.45) is 0 Å². The fourth-order valence-corrected chi connectivity index (χ4v) is 4.52. The van der Waals surface area contributed by atoms with E-state index in [0.29, 0.717) is 0 Å². The molecule has 0 saturated carbocycles. The highest BCUT2D eigenvalue weighted by atomic mass is 32.2. The Bertz CT molecular complexity index is 1250. The van der Waals surface area contributed by atoms with Crippen LogP contribution in [0, 0.1) is 11.3 Å². The average molecular weight is 462 g/mol. The molecule has 0 amide bonds. The van der Waals surface area contributed by atoms with Gasteiger partial charge in [-0.3, -0.25) is 4.68 Å². The highest BCUT2D eigenvalue weighted by Gasteiger charge is 2.49. The number of carbonyl (C=O) groups is 1. The molecule has 32 heavy (non-hydrogen) atoms. The van der Waals surface area contributed by atoms with Crippen molar-refractivity contribution in [2.75, 3.05) is 18.8 Å². The van der Waals surface area contributed by atoms with Gasteiger partial charge in [-0.25, -0.2) is 23.2 Å². The van der Waals surface area contributed by atoms with Gasteiger partial charge in [0.1, 0.15) is 23.6 Å². The summed E-state index contributed by atoms with van der Waals surface area (Å²) in [5.41, 5.74) is 1.64. The van der Waals surface area contributed by atoms with Crippen LogP contribution in [0.4, 0.5) is 0 Å². The first kappa shape index (κ1) is 23.3. The zero-order valence-corrected chi connectivity index (χ0v) is 18.3. The first-order valence-electron chi connectivity index (χ1n) is 9.73. The lowest BCUT2D eigenvalue weighted by Crippen LogP contribution is -2.64. The maximum Gasteiger partial charge on any atom is 0.332 e. The van der Waals surface area contributed by atoms with Gasteiger partial charge in [0, 0.05) is 36.4 Å². The number of aromatic nitrogens is 5. The van der Waals surface area contributed by atoms with Crippen LogP contribution in [-0.2, 0) is 20.4 Å². The largest absolute Gasteiger partial charge is 0.479 e. The summed E-state index contributed by atoms with van der Waals surface area (Å²) in [7, 11) is -3.27. The van der Waals surface area contributed by atoms with E-state index in [1.54, 1.807) is 24.0 Å². The SMILES string of the molecule is CCS(=O)(=O)N1CC(CC#N)(n2cc(-c3ncnc4[nH]ccc34)cn2)C1.C[C@H](O)C(=O)O. The lowest BCUT2D eigenvalue weighted by molar-refractivity contribution is -0.145. The highest BCUT2D eigenvalue weighted by Crippen LogP contribution is 2.35. The van der Waals surface area contributed by atoms with Crippen LogP contribution in [0.5, 0.6) is 0 Å². The Morgan fingerprint density at radius 1 is 1.41 bits per heavy atom. The molecule has 3 N–H and O–H groups in total. The van der Waals surface area contributed by atoms with Crippen LogP contribution in [0.1, 0.15) is 20.3 Å². The minimum atomic E-state index is -3.27. The number of nitriles is 1. The second-order valence-corrected chi connectivity index (χ2v) is 9.64. The number of carboxylic acids is 1. The fraction of sp³-hybridized carbons (Fsp3) is 0.421. The smallest absolute Gasteiger partial charge is 0.332 e. The first-order chi connectivity index (χ1) is 15.1. The maximum absolute atomic E-state index is 12.0. The van der Waals surface area contributed by atoms with Crippen LogP contribution >= 0.6 is 0 Å². The van der Waals surface area contributed by atoms with Crippen LogP contribution in [0.25, 0.3) is 22.3 Å². The van der Waals surface area contributed by atoms with Crippen molar-refractivity contribution in [3.05, 3.63) is 31.0 Å². The maximum atomic E-state index is 12.0. The standard InChI is InChI=1S/C16H17N7O2S.C3H6O3/c1-2-26(24,25)22-9-16(10-22,4-5-17)23-8-12(7-21-23)14-13-3-6-18-15(13)20-11-19-14;1-2(4)3(5)6/h3,6-8,11H,2,4,9-10H2,1H3,(H,18,19,20);2,4H,1H3,(H,5,6)/t;2-/m.0/s1. The number of aliphatic carboxylic acids is 1. The predicted molar refractivity (Wildman–Crippen MR) is 114 cm³/mol. The molecule has 0 radical (unpaired) electrons. The van der Waals surface area contributed by atoms with Gasteiger partial charge in [-0.2, -0.15) is 14.7 Å². The quantitative estimate of drug-likeness (QED) is 0.472. The van der Waals surface area contributed by atoms with E-state index in [1.807, 2.05) is 12.3 Å². The van der Waals surface area contributed by atoms with Gasteiger partial charge < -0.3 is 15.2 Å². The summed E-state index contributed by atoms with van der Waals surface area (Å²) in [5.74, 6) is -1.14. The number of fused-ring (bicyclic) bond motifs is 1.